The quantitative estimate of drug-likeness (QED) is 0.659. The Morgan fingerprint density at radius 2 is 1.89 bits per heavy atom. The van der Waals surface area contributed by atoms with Gasteiger partial charge in [-0.25, -0.2) is 0 Å². The van der Waals surface area contributed by atoms with Crippen molar-refractivity contribution >= 4 is 49.0 Å². The molecule has 1 heterocycles. The normalized spacial score (nSPS) is 10.5. The minimum atomic E-state index is 0.00417. The number of hydrogen-bond acceptors (Lipinski definition) is 3. The number of aryl methyl sites for hydroxylation is 2. The smallest absolute Gasteiger partial charge is 0.201 e. The van der Waals surface area contributed by atoms with Gasteiger partial charge in [-0.3, -0.25) is 4.79 Å². The van der Waals surface area contributed by atoms with Gasteiger partial charge in [0.2, 0.25) is 5.78 Å². The fourth-order valence-electron chi connectivity index (χ4n) is 1.74. The van der Waals surface area contributed by atoms with Gasteiger partial charge in [0.05, 0.1) is 8.95 Å². The summed E-state index contributed by atoms with van der Waals surface area (Å²) in [6, 6.07) is 7.57. The first kappa shape index (κ1) is 14.8. The Balaban J connectivity index is 2.11. The third-order valence-electron chi connectivity index (χ3n) is 2.61. The van der Waals surface area contributed by atoms with Crippen molar-refractivity contribution in [3.05, 3.63) is 48.5 Å². The zero-order chi connectivity index (χ0) is 14.0. The van der Waals surface area contributed by atoms with Crippen molar-refractivity contribution in [3.8, 4) is 5.75 Å². The summed E-state index contributed by atoms with van der Waals surface area (Å²) in [6.07, 6.45) is 0. The topological polar surface area (TPSA) is 26.3 Å². The Morgan fingerprint density at radius 1 is 1.26 bits per heavy atom. The number of ether oxygens (including phenoxy) is 1. The Kier molecular flexibility index (Phi) is 4.81. The molecule has 5 heteroatoms. The molecule has 0 fully saturated rings. The molecule has 0 saturated carbocycles. The number of thiophene rings is 1. The Hall–Kier alpha value is -0.650. The molecular weight excluding hydrogens is 392 g/mol. The number of ketones is 1. The standard InChI is InChI=1S/C14H12Br2O2S/c1-8-6-10(9(2)19-8)13(17)7-18-14-11(15)4-3-5-12(14)16/h3-6H,7H2,1-2H3. The molecule has 0 bridgehead atoms. The van der Waals surface area contributed by atoms with E-state index in [-0.39, 0.29) is 12.4 Å². The van der Waals surface area contributed by atoms with Crippen LogP contribution in [-0.4, -0.2) is 12.4 Å². The van der Waals surface area contributed by atoms with Crippen LogP contribution in [0.5, 0.6) is 5.75 Å². The second kappa shape index (κ2) is 6.20. The molecule has 2 nitrogen and oxygen atoms in total. The summed E-state index contributed by atoms with van der Waals surface area (Å²) in [5.74, 6) is 0.657. The van der Waals surface area contributed by atoms with Gasteiger partial charge in [0, 0.05) is 15.3 Å². The van der Waals surface area contributed by atoms with Crippen molar-refractivity contribution < 1.29 is 9.53 Å². The summed E-state index contributed by atoms with van der Waals surface area (Å²) in [5.41, 5.74) is 0.755. The molecular formula is C14H12Br2O2S. The van der Waals surface area contributed by atoms with Gasteiger partial charge in [-0.2, -0.15) is 0 Å². The molecule has 0 unspecified atom stereocenters. The molecule has 0 radical (unpaired) electrons. The van der Waals surface area contributed by atoms with Crippen LogP contribution in [0.25, 0.3) is 0 Å². The average molecular weight is 404 g/mol. The van der Waals surface area contributed by atoms with Crippen molar-refractivity contribution in [1.82, 2.24) is 0 Å². The molecule has 100 valence electrons. The third kappa shape index (κ3) is 3.46. The predicted octanol–water partition coefficient (Wildman–Crippen LogP) is 5.15. The predicted molar refractivity (Wildman–Crippen MR) is 85.5 cm³/mol. The minimum absolute atomic E-state index is 0.00417. The Bertz CT molecular complexity index is 600. The van der Waals surface area contributed by atoms with Gasteiger partial charge in [0.25, 0.3) is 0 Å². The lowest BCUT2D eigenvalue weighted by Crippen LogP contribution is -2.12. The van der Waals surface area contributed by atoms with E-state index < -0.39 is 0 Å². The van der Waals surface area contributed by atoms with E-state index in [2.05, 4.69) is 31.9 Å². The van der Waals surface area contributed by atoms with Crippen LogP contribution in [-0.2, 0) is 0 Å². The summed E-state index contributed by atoms with van der Waals surface area (Å²) >= 11 is 8.45. The van der Waals surface area contributed by atoms with Gasteiger partial charge in [-0.1, -0.05) is 6.07 Å². The van der Waals surface area contributed by atoms with Crippen molar-refractivity contribution in [3.63, 3.8) is 0 Å². The van der Waals surface area contributed by atoms with E-state index in [9.17, 15) is 4.79 Å². The van der Waals surface area contributed by atoms with Crippen LogP contribution in [0.4, 0.5) is 0 Å². The van der Waals surface area contributed by atoms with E-state index in [1.165, 1.54) is 0 Å². The summed E-state index contributed by atoms with van der Waals surface area (Å²) in [5, 5.41) is 0. The lowest BCUT2D eigenvalue weighted by Gasteiger charge is -2.09. The lowest BCUT2D eigenvalue weighted by atomic mass is 10.2. The summed E-state index contributed by atoms with van der Waals surface area (Å²) < 4.78 is 7.26. The van der Waals surface area contributed by atoms with Gasteiger partial charge >= 0.3 is 0 Å². The van der Waals surface area contributed by atoms with Gasteiger partial charge in [-0.05, 0) is 63.9 Å². The van der Waals surface area contributed by atoms with Crippen molar-refractivity contribution in [1.29, 1.82) is 0 Å². The van der Waals surface area contributed by atoms with E-state index in [4.69, 9.17) is 4.74 Å². The van der Waals surface area contributed by atoms with Crippen molar-refractivity contribution in [2.24, 2.45) is 0 Å². The molecule has 0 N–H and O–H groups in total. The maximum atomic E-state index is 12.1. The molecule has 0 aliphatic rings. The second-order valence-corrected chi connectivity index (χ2v) is 7.26. The summed E-state index contributed by atoms with van der Waals surface area (Å²) in [6.45, 7) is 4.00. The number of benzene rings is 1. The molecule has 1 aromatic heterocycles. The number of rotatable bonds is 4. The first-order chi connectivity index (χ1) is 8.99. The number of halogens is 2. The van der Waals surface area contributed by atoms with Crippen molar-refractivity contribution in [2.75, 3.05) is 6.61 Å². The van der Waals surface area contributed by atoms with Crippen LogP contribution in [0.3, 0.4) is 0 Å². The molecule has 0 aliphatic carbocycles. The average Bonchev–Trinajstić information content (AvgIpc) is 2.67. The fraction of sp³-hybridized carbons (Fsp3) is 0.214. The number of hydrogen-bond donors (Lipinski definition) is 0. The molecule has 2 aromatic rings. The fourth-order valence-corrected chi connectivity index (χ4v) is 3.91. The summed E-state index contributed by atoms with van der Waals surface area (Å²) in [7, 11) is 0. The van der Waals surface area contributed by atoms with Gasteiger partial charge in [0.1, 0.15) is 5.75 Å². The largest absolute Gasteiger partial charge is 0.483 e. The van der Waals surface area contributed by atoms with E-state index in [0.717, 1.165) is 24.3 Å². The van der Waals surface area contributed by atoms with Crippen LogP contribution in [0.1, 0.15) is 20.1 Å². The van der Waals surface area contributed by atoms with E-state index in [0.29, 0.717) is 5.75 Å². The van der Waals surface area contributed by atoms with Gasteiger partial charge in [0.15, 0.2) is 6.61 Å². The Labute approximate surface area is 133 Å². The highest BCUT2D eigenvalue weighted by atomic mass is 79.9. The number of carbonyl (C=O) groups is 1. The van der Waals surface area contributed by atoms with Crippen LogP contribution in [0.15, 0.2) is 33.2 Å². The molecule has 2 rings (SSSR count). The van der Waals surface area contributed by atoms with Gasteiger partial charge in [-0.15, -0.1) is 11.3 Å². The van der Waals surface area contributed by atoms with E-state index in [1.807, 2.05) is 38.1 Å². The van der Waals surface area contributed by atoms with Crippen LogP contribution >= 0.6 is 43.2 Å². The highest BCUT2D eigenvalue weighted by Crippen LogP contribution is 2.33. The molecule has 0 saturated heterocycles. The lowest BCUT2D eigenvalue weighted by molar-refractivity contribution is 0.0920. The van der Waals surface area contributed by atoms with Gasteiger partial charge < -0.3 is 4.74 Å². The first-order valence-corrected chi connectivity index (χ1v) is 8.06. The number of carbonyl (C=O) groups excluding carboxylic acids is 1. The highest BCUT2D eigenvalue weighted by molar-refractivity contribution is 9.11. The van der Waals surface area contributed by atoms with Crippen LogP contribution in [0.2, 0.25) is 0 Å². The zero-order valence-corrected chi connectivity index (χ0v) is 14.5. The number of Topliss-reactive ketones (excluding diaryl/α,β-unsaturated/α-hetero) is 1. The zero-order valence-electron chi connectivity index (χ0n) is 10.5. The molecule has 1 aromatic carbocycles. The van der Waals surface area contributed by atoms with E-state index >= 15 is 0 Å². The van der Waals surface area contributed by atoms with Crippen LogP contribution < -0.4 is 4.74 Å². The van der Waals surface area contributed by atoms with Crippen molar-refractivity contribution in [2.45, 2.75) is 13.8 Å². The second-order valence-electron chi connectivity index (χ2n) is 4.09. The van der Waals surface area contributed by atoms with E-state index in [1.54, 1.807) is 11.3 Å². The number of para-hydroxylation sites is 1. The monoisotopic (exact) mass is 402 g/mol. The third-order valence-corrected chi connectivity index (χ3v) is 4.82. The van der Waals surface area contributed by atoms with Crippen LogP contribution in [0, 0.1) is 13.8 Å². The first-order valence-electron chi connectivity index (χ1n) is 5.66. The Morgan fingerprint density at radius 3 is 2.42 bits per heavy atom. The maximum absolute atomic E-state index is 12.1. The molecule has 0 aliphatic heterocycles. The molecule has 19 heavy (non-hydrogen) atoms. The highest BCUT2D eigenvalue weighted by Gasteiger charge is 2.14. The summed E-state index contributed by atoms with van der Waals surface area (Å²) in [4.78, 5) is 14.3. The minimum Gasteiger partial charge on any atom is -0.483 e. The molecule has 0 atom stereocenters. The molecule has 0 spiro atoms. The molecule has 0 amide bonds. The maximum Gasteiger partial charge on any atom is 0.201 e. The SMILES string of the molecule is Cc1cc(C(=O)COc2c(Br)cccc2Br)c(C)s1.